The Morgan fingerprint density at radius 3 is 2.20 bits per heavy atom. The molecule has 0 spiro atoms. The minimum atomic E-state index is -1.76. The van der Waals surface area contributed by atoms with Crippen molar-refractivity contribution in [3.63, 3.8) is 0 Å². The van der Waals surface area contributed by atoms with Gasteiger partial charge in [0.2, 0.25) is 0 Å². The summed E-state index contributed by atoms with van der Waals surface area (Å²) in [5.74, 6) is 1.13. The highest BCUT2D eigenvalue weighted by molar-refractivity contribution is 6.94. The van der Waals surface area contributed by atoms with Gasteiger partial charge >= 0.3 is 0 Å². The Morgan fingerprint density at radius 2 is 1.72 bits per heavy atom. The summed E-state index contributed by atoms with van der Waals surface area (Å²) in [5, 5.41) is 1.49. The lowest BCUT2D eigenvalue weighted by molar-refractivity contribution is 0.353. The summed E-state index contributed by atoms with van der Waals surface area (Å²) in [5.41, 5.74) is 3.29. The molecule has 0 aromatic heterocycles. The van der Waals surface area contributed by atoms with E-state index < -0.39 is 8.07 Å². The van der Waals surface area contributed by atoms with Gasteiger partial charge in [0.05, 0.1) is 0 Å². The van der Waals surface area contributed by atoms with Crippen LogP contribution in [0.3, 0.4) is 0 Å². The second-order valence-electron chi connectivity index (χ2n) is 8.20. The molecule has 1 nitrogen and oxygen atoms in total. The predicted octanol–water partition coefficient (Wildman–Crippen LogP) is 6.05. The first-order chi connectivity index (χ1) is 11.8. The molecule has 0 unspecified atom stereocenters. The van der Waals surface area contributed by atoms with Gasteiger partial charge in [-0.05, 0) is 28.6 Å². The number of aryl methyl sites for hydroxylation is 1. The molecule has 0 bridgehead atoms. The minimum Gasteiger partial charge on any atom is -0.489 e. The fraction of sp³-hybridized carbons (Fsp3) is 0.478. The van der Waals surface area contributed by atoms with Crippen molar-refractivity contribution in [2.24, 2.45) is 0 Å². The second kappa shape index (κ2) is 7.78. The Hall–Kier alpha value is -1.54. The van der Waals surface area contributed by atoms with Crippen molar-refractivity contribution < 1.29 is 4.74 Å². The van der Waals surface area contributed by atoms with Gasteiger partial charge in [0, 0.05) is 0 Å². The summed E-state index contributed by atoms with van der Waals surface area (Å²) < 4.78 is 6.34. The summed E-state index contributed by atoms with van der Waals surface area (Å²) in [7, 11) is -1.76. The molecule has 0 radical (unpaired) electrons. The molecule has 1 aromatic rings. The van der Waals surface area contributed by atoms with E-state index in [2.05, 4.69) is 84.6 Å². The molecule has 0 heterocycles. The van der Waals surface area contributed by atoms with Gasteiger partial charge < -0.3 is 4.74 Å². The average molecular weight is 355 g/mol. The van der Waals surface area contributed by atoms with Crippen molar-refractivity contribution in [1.29, 1.82) is 0 Å². The first-order valence-corrected chi connectivity index (χ1v) is 12.0. The van der Waals surface area contributed by atoms with Gasteiger partial charge in [-0.1, -0.05) is 101 Å². The molecule has 136 valence electrons. The lowest BCUT2D eigenvalue weighted by Gasteiger charge is -2.38. The maximum absolute atomic E-state index is 6.34. The minimum absolute atomic E-state index is 0.0558. The van der Waals surface area contributed by atoms with E-state index in [1.54, 1.807) is 0 Å². The van der Waals surface area contributed by atoms with Crippen LogP contribution in [-0.4, -0.2) is 14.7 Å². The largest absolute Gasteiger partial charge is 0.489 e. The van der Waals surface area contributed by atoms with Crippen LogP contribution in [0.25, 0.3) is 0 Å². The predicted molar refractivity (Wildman–Crippen MR) is 114 cm³/mol. The third-order valence-electron chi connectivity index (χ3n) is 5.57. The fourth-order valence-electron chi connectivity index (χ4n) is 4.08. The molecule has 0 N–H and O–H groups in total. The van der Waals surface area contributed by atoms with Crippen LogP contribution in [0.2, 0.25) is 17.6 Å². The van der Waals surface area contributed by atoms with Gasteiger partial charge in [0.25, 0.3) is 0 Å². The van der Waals surface area contributed by atoms with E-state index in [1.807, 2.05) is 6.08 Å². The Balaban J connectivity index is 2.76. The molecule has 2 rings (SSSR count). The summed E-state index contributed by atoms with van der Waals surface area (Å²) in [6.45, 7) is 18.2. The molecule has 0 atom stereocenters. The molecule has 1 aliphatic carbocycles. The average Bonchev–Trinajstić information content (AvgIpc) is 3.09. The number of hydrogen-bond acceptors (Lipinski definition) is 1. The fourth-order valence-corrected chi connectivity index (χ4v) is 8.78. The standard InChI is InChI=1S/C23H34OSi/c1-8-15-24-22-20(23(5,6)7)16-18(4)17-21(22)25(9-2,10-3)19-13-11-12-14-19/h8,11-14,16-17,19H,1,9-10,15H2,2-7H3. The van der Waals surface area contributed by atoms with Crippen LogP contribution in [0.15, 0.2) is 49.1 Å². The monoisotopic (exact) mass is 354 g/mol. The molecule has 0 amide bonds. The summed E-state index contributed by atoms with van der Waals surface area (Å²) in [6, 6.07) is 7.17. The van der Waals surface area contributed by atoms with E-state index in [0.29, 0.717) is 12.1 Å². The van der Waals surface area contributed by atoms with Gasteiger partial charge in [-0.25, -0.2) is 0 Å². The van der Waals surface area contributed by atoms with Crippen molar-refractivity contribution in [1.82, 2.24) is 0 Å². The van der Waals surface area contributed by atoms with Crippen molar-refractivity contribution in [3.8, 4) is 5.75 Å². The number of rotatable bonds is 7. The van der Waals surface area contributed by atoms with Crippen LogP contribution >= 0.6 is 0 Å². The Kier molecular flexibility index (Phi) is 6.15. The van der Waals surface area contributed by atoms with Crippen molar-refractivity contribution in [2.45, 2.75) is 64.6 Å². The van der Waals surface area contributed by atoms with E-state index in [1.165, 1.54) is 28.4 Å². The molecule has 0 fully saturated rings. The smallest absolute Gasteiger partial charge is 0.122 e. The summed E-state index contributed by atoms with van der Waals surface area (Å²) >= 11 is 0. The van der Waals surface area contributed by atoms with Crippen LogP contribution in [0, 0.1) is 6.92 Å². The first-order valence-electron chi connectivity index (χ1n) is 9.54. The van der Waals surface area contributed by atoms with Crippen molar-refractivity contribution >= 4 is 13.3 Å². The summed E-state index contributed by atoms with van der Waals surface area (Å²) in [4.78, 5) is 0. The van der Waals surface area contributed by atoms with E-state index in [0.717, 1.165) is 5.75 Å². The highest BCUT2D eigenvalue weighted by Gasteiger charge is 2.41. The molecule has 1 aliphatic rings. The molecular weight excluding hydrogens is 320 g/mol. The Bertz CT molecular complexity index is 660. The Morgan fingerprint density at radius 1 is 1.12 bits per heavy atom. The Labute approximate surface area is 155 Å². The zero-order valence-electron chi connectivity index (χ0n) is 16.9. The van der Waals surface area contributed by atoms with Crippen LogP contribution in [-0.2, 0) is 5.41 Å². The molecule has 25 heavy (non-hydrogen) atoms. The molecule has 0 aliphatic heterocycles. The van der Waals surface area contributed by atoms with Crippen LogP contribution in [0.4, 0.5) is 0 Å². The zero-order chi connectivity index (χ0) is 18.7. The van der Waals surface area contributed by atoms with Crippen LogP contribution < -0.4 is 9.92 Å². The van der Waals surface area contributed by atoms with Gasteiger partial charge in [-0.2, -0.15) is 0 Å². The van der Waals surface area contributed by atoms with Crippen LogP contribution in [0.5, 0.6) is 5.75 Å². The van der Waals surface area contributed by atoms with Gasteiger partial charge in [0.1, 0.15) is 20.4 Å². The number of benzene rings is 1. The van der Waals surface area contributed by atoms with E-state index in [4.69, 9.17) is 4.74 Å². The van der Waals surface area contributed by atoms with Crippen LogP contribution in [0.1, 0.15) is 45.7 Å². The summed E-state index contributed by atoms with van der Waals surface area (Å²) in [6.07, 6.45) is 11.1. The maximum Gasteiger partial charge on any atom is 0.122 e. The quantitative estimate of drug-likeness (QED) is 0.428. The third kappa shape index (κ3) is 3.84. The number of allylic oxidation sites excluding steroid dienone is 4. The van der Waals surface area contributed by atoms with E-state index in [-0.39, 0.29) is 5.41 Å². The maximum atomic E-state index is 6.34. The van der Waals surface area contributed by atoms with E-state index >= 15 is 0 Å². The first kappa shape index (κ1) is 19.8. The van der Waals surface area contributed by atoms with Crippen molar-refractivity contribution in [2.75, 3.05) is 6.61 Å². The van der Waals surface area contributed by atoms with Gasteiger partial charge in [-0.15, -0.1) is 0 Å². The lowest BCUT2D eigenvalue weighted by Crippen LogP contribution is -2.51. The molecule has 0 saturated heterocycles. The topological polar surface area (TPSA) is 9.23 Å². The third-order valence-corrected chi connectivity index (χ3v) is 11.2. The van der Waals surface area contributed by atoms with Crippen molar-refractivity contribution in [3.05, 3.63) is 60.2 Å². The molecule has 1 aromatic carbocycles. The normalized spacial score (nSPS) is 15.0. The highest BCUT2D eigenvalue weighted by atomic mass is 28.3. The number of ether oxygens (including phenoxy) is 1. The van der Waals surface area contributed by atoms with Gasteiger partial charge in [-0.3, -0.25) is 0 Å². The molecular formula is C23H34OSi. The van der Waals surface area contributed by atoms with Gasteiger partial charge in [0.15, 0.2) is 0 Å². The molecule has 0 saturated carbocycles. The SMILES string of the molecule is C=CCOc1c(C(C)(C)C)cc(C)cc1[Si](CC)(CC)C1C=CC=C1. The zero-order valence-corrected chi connectivity index (χ0v) is 17.9. The number of hydrogen-bond donors (Lipinski definition) is 0. The molecule has 2 heteroatoms. The second-order valence-corrected chi connectivity index (χ2v) is 13.1. The highest BCUT2D eigenvalue weighted by Crippen LogP contribution is 2.40. The van der Waals surface area contributed by atoms with E-state index in [9.17, 15) is 0 Å². The lowest BCUT2D eigenvalue weighted by atomic mass is 9.85.